The van der Waals surface area contributed by atoms with Crippen molar-refractivity contribution >= 4 is 74.5 Å². The van der Waals surface area contributed by atoms with E-state index in [9.17, 15) is 61.3 Å². The number of hydrogen-bond acceptors (Lipinski definition) is 23. The number of carbonyl (C=O) groups is 4. The van der Waals surface area contributed by atoms with Crippen molar-refractivity contribution in [2.75, 3.05) is 27.4 Å². The molecule has 0 spiro atoms. The Labute approximate surface area is 469 Å². The first-order valence-electron chi connectivity index (χ1n) is 28.1. The van der Waals surface area contributed by atoms with Gasteiger partial charge in [0.2, 0.25) is 0 Å². The van der Waals surface area contributed by atoms with E-state index in [-0.39, 0.29) is 96.2 Å². The van der Waals surface area contributed by atoms with Gasteiger partial charge >= 0.3 is 23.9 Å². The topological polar surface area (TPSA) is 322 Å². The van der Waals surface area contributed by atoms with Gasteiger partial charge in [0, 0.05) is 42.9 Å². The molecule has 10 saturated carbocycles. The SMILES string of the molecule is CC(=O)OCC12CC3C(COC(C)=O)(C1)C(OS3(=O)=O)C2C.CC1C2CC3C1OS(=O)(=O)C3(C)C2.CC1C2CC3C1OS(=O)(=O)C3C2C.COC(=O)C12CC3CC1C(OS2(=O)=O)C3C.COC(=O)C1C2CC3C(OS(=O)(=O)C31)C2C. The van der Waals surface area contributed by atoms with E-state index >= 15 is 0 Å². The molecule has 0 amide bonds. The quantitative estimate of drug-likeness (QED) is 0.209. The zero-order chi connectivity index (χ0) is 58.5. The maximum absolute atomic E-state index is 12.3. The van der Waals surface area contributed by atoms with Crippen LogP contribution in [0.2, 0.25) is 0 Å². The van der Waals surface area contributed by atoms with Crippen LogP contribution in [-0.4, -0.2) is 149 Å². The Morgan fingerprint density at radius 1 is 0.525 bits per heavy atom. The van der Waals surface area contributed by atoms with Crippen molar-refractivity contribution in [3.05, 3.63) is 0 Å². The summed E-state index contributed by atoms with van der Waals surface area (Å²) in [5.41, 5.74) is -1.14. The van der Waals surface area contributed by atoms with E-state index in [2.05, 4.69) is 25.5 Å². The molecule has 0 radical (unpaired) electrons. The summed E-state index contributed by atoms with van der Waals surface area (Å²) < 4.78 is 163. The number of ether oxygens (including phenoxy) is 4. The Bertz CT molecular complexity index is 3210. The highest BCUT2D eigenvalue weighted by molar-refractivity contribution is 7.89. The summed E-state index contributed by atoms with van der Waals surface area (Å²) >= 11 is 0. The van der Waals surface area contributed by atoms with E-state index in [1.807, 2.05) is 27.7 Å². The second kappa shape index (κ2) is 19.0. The van der Waals surface area contributed by atoms with E-state index in [0.717, 1.165) is 32.1 Å². The Morgan fingerprint density at radius 3 is 1.60 bits per heavy atom. The van der Waals surface area contributed by atoms with Crippen molar-refractivity contribution in [3.63, 3.8) is 0 Å². The summed E-state index contributed by atoms with van der Waals surface area (Å²) in [5, 5.41) is -1.54. The first-order chi connectivity index (χ1) is 37.0. The molecule has 15 aliphatic rings. The molecule has 0 N–H and O–H groups in total. The first kappa shape index (κ1) is 59.2. The highest BCUT2D eigenvalue weighted by Crippen LogP contribution is 2.71. The minimum atomic E-state index is -3.81. The summed E-state index contributed by atoms with van der Waals surface area (Å²) in [6.07, 6.45) is 4.70. The van der Waals surface area contributed by atoms with Crippen molar-refractivity contribution in [3.8, 4) is 0 Å². The predicted octanol–water partition coefficient (Wildman–Crippen LogP) is 3.24. The van der Waals surface area contributed by atoms with Crippen molar-refractivity contribution < 1.29 is 101 Å². The molecule has 10 aliphatic carbocycles. The van der Waals surface area contributed by atoms with Gasteiger partial charge in [0.25, 0.3) is 50.6 Å². The number of esters is 4. The molecule has 27 unspecified atom stereocenters. The van der Waals surface area contributed by atoms with Crippen LogP contribution in [0.1, 0.15) is 114 Å². The van der Waals surface area contributed by atoms with Gasteiger partial charge in [-0.3, -0.25) is 40.1 Å². The van der Waals surface area contributed by atoms with Gasteiger partial charge in [-0.05, 0) is 117 Å². The molecule has 15 fully saturated rings. The van der Waals surface area contributed by atoms with Gasteiger partial charge in [-0.15, -0.1) is 0 Å². The smallest absolute Gasteiger partial charge is 0.330 e. The molecular formula is C52H76O23S5. The summed E-state index contributed by atoms with van der Waals surface area (Å²) in [5.74, 6) is 0.957. The van der Waals surface area contributed by atoms with E-state index in [1.54, 1.807) is 0 Å². The van der Waals surface area contributed by atoms with Gasteiger partial charge in [-0.2, -0.15) is 42.1 Å². The molecular weight excluding hydrogens is 1150 g/mol. The maximum atomic E-state index is 12.3. The lowest BCUT2D eigenvalue weighted by atomic mass is 9.73. The molecule has 0 aromatic rings. The average molecular weight is 1230 g/mol. The fraction of sp³-hybridized carbons (Fsp3) is 0.923. The molecule has 27 atom stereocenters. The van der Waals surface area contributed by atoms with Crippen LogP contribution in [0.15, 0.2) is 0 Å². The fourth-order valence-corrected chi connectivity index (χ4v) is 29.9. The van der Waals surface area contributed by atoms with Gasteiger partial charge in [0.1, 0.15) is 16.6 Å². The van der Waals surface area contributed by atoms with Gasteiger partial charge < -0.3 is 18.9 Å². The Hall–Kier alpha value is -2.57. The van der Waals surface area contributed by atoms with Crippen molar-refractivity contribution in [1.29, 1.82) is 0 Å². The van der Waals surface area contributed by atoms with Crippen LogP contribution in [0.25, 0.3) is 0 Å². The monoisotopic (exact) mass is 1230 g/mol. The number of fused-ring (bicyclic) bond motifs is 5. The summed E-state index contributed by atoms with van der Waals surface area (Å²) in [6.45, 7) is 16.9. The predicted molar refractivity (Wildman–Crippen MR) is 277 cm³/mol. The van der Waals surface area contributed by atoms with Gasteiger partial charge in [-0.1, -0.05) is 41.5 Å². The number of carbonyl (C=O) groups excluding carboxylic acids is 4. The van der Waals surface area contributed by atoms with Crippen molar-refractivity contribution in [2.24, 2.45) is 99.6 Å². The largest absolute Gasteiger partial charge is 0.469 e. The molecule has 452 valence electrons. The molecule has 0 aromatic carbocycles. The maximum Gasteiger partial charge on any atom is 0.330 e. The van der Waals surface area contributed by atoms with Crippen LogP contribution in [0.5, 0.6) is 0 Å². The van der Waals surface area contributed by atoms with E-state index in [1.165, 1.54) is 28.1 Å². The van der Waals surface area contributed by atoms with Crippen LogP contribution in [-0.2, 0) is 110 Å². The van der Waals surface area contributed by atoms with E-state index in [4.69, 9.17) is 35.1 Å². The van der Waals surface area contributed by atoms with E-state index < -0.39 is 111 Å². The number of rotatable bonds is 6. The molecule has 28 heteroatoms. The summed E-state index contributed by atoms with van der Waals surface area (Å²) in [7, 11) is -15.0. The normalized spacial score (nSPS) is 52.9. The minimum absolute atomic E-state index is 0.00546. The zero-order valence-corrected chi connectivity index (χ0v) is 50.9. The lowest BCUT2D eigenvalue weighted by Gasteiger charge is -2.35. The summed E-state index contributed by atoms with van der Waals surface area (Å²) in [6, 6.07) is 0. The average Bonchev–Trinajstić information content (AvgIpc) is 3.55. The molecule has 15 rings (SSSR count). The van der Waals surface area contributed by atoms with Gasteiger partial charge in [0.15, 0.2) is 4.75 Å². The second-order valence-corrected chi connectivity index (χ2v) is 35.7. The van der Waals surface area contributed by atoms with Crippen molar-refractivity contribution in [2.45, 2.75) is 169 Å². The van der Waals surface area contributed by atoms with Crippen LogP contribution in [0.3, 0.4) is 0 Å². The zero-order valence-electron chi connectivity index (χ0n) is 46.8. The minimum Gasteiger partial charge on any atom is -0.469 e. The van der Waals surface area contributed by atoms with Gasteiger partial charge in [-0.25, -0.2) is 0 Å². The van der Waals surface area contributed by atoms with Gasteiger partial charge in [0.05, 0.1) is 73.2 Å². The Kier molecular flexibility index (Phi) is 14.0. The highest BCUT2D eigenvalue weighted by atomic mass is 32.2. The second-order valence-electron chi connectivity index (χ2n) is 26.7. The van der Waals surface area contributed by atoms with E-state index in [0.29, 0.717) is 54.8 Å². The lowest BCUT2D eigenvalue weighted by Crippen LogP contribution is -2.48. The standard InChI is InChI=1S/C14H20O7S.2C10H14O5S.2C9H14O3S/c1-8-12-14(7-20-10(3)16)5-13(8,6-19-9(2)15)4-11(14)22(17,18)21-12;1-5-6-3-7-8(5)15-16(12,13)10(7,4-6)9(11)14-2;1-4-5-3-6-8(4)15-16(12,13)9(6)7(5)10(11)14-2;1-5-6-3-7-8(5)12-13(10,11)9(7,2)4-6;1-4-6-3-7-8(4)12-13(10,11)9(7)5(6)2/h8,11-12H,4-7H2,1-3H3;5-8H,3-4H2,1-2H3;4-9H,3H2,1-2H3;5-8H,3-4H2,1-2H3;4-9H,3H2,1-2H3. The molecule has 5 aliphatic heterocycles. The summed E-state index contributed by atoms with van der Waals surface area (Å²) in [4.78, 5) is 45.8. The lowest BCUT2D eigenvalue weighted by molar-refractivity contribution is -0.148. The molecule has 5 heterocycles. The third-order valence-electron chi connectivity index (χ3n) is 23.5. The van der Waals surface area contributed by atoms with Crippen LogP contribution in [0, 0.1) is 99.6 Å². The first-order valence-corrected chi connectivity index (χ1v) is 35.3. The molecule has 10 bridgehead atoms. The fourth-order valence-electron chi connectivity index (χ4n) is 19.5. The van der Waals surface area contributed by atoms with Crippen LogP contribution < -0.4 is 0 Å². The third kappa shape index (κ3) is 8.08. The highest BCUT2D eigenvalue weighted by Gasteiger charge is 2.79. The number of methoxy groups -OCH3 is 2. The van der Waals surface area contributed by atoms with Crippen LogP contribution in [0.4, 0.5) is 0 Å². The molecule has 0 aromatic heterocycles. The van der Waals surface area contributed by atoms with Crippen molar-refractivity contribution in [1.82, 2.24) is 0 Å². The molecule has 23 nitrogen and oxygen atoms in total. The molecule has 80 heavy (non-hydrogen) atoms. The Balaban J connectivity index is 0.000000107. The number of hydrogen-bond donors (Lipinski definition) is 0. The molecule has 5 saturated heterocycles. The van der Waals surface area contributed by atoms with Crippen LogP contribution >= 0.6 is 0 Å². The third-order valence-corrected chi connectivity index (χ3v) is 33.1. The Morgan fingerprint density at radius 2 is 1.05 bits per heavy atom.